The molecule has 1 N–H and O–H groups in total. The summed E-state index contributed by atoms with van der Waals surface area (Å²) in [6.07, 6.45) is 4.31. The molecule has 2 atom stereocenters. The predicted molar refractivity (Wildman–Crippen MR) is 47.5 cm³/mol. The van der Waals surface area contributed by atoms with Gasteiger partial charge >= 0.3 is 5.97 Å². The van der Waals surface area contributed by atoms with Crippen LogP contribution >= 0.6 is 0 Å². The van der Waals surface area contributed by atoms with Gasteiger partial charge in [0.15, 0.2) is 0 Å². The molecule has 1 saturated carbocycles. The Hall–Kier alpha value is -1.38. The molecule has 3 heteroatoms. The topological polar surface area (TPSA) is 50.2 Å². The average molecular weight is 177 g/mol. The molecule has 1 aliphatic rings. The first-order valence-electron chi connectivity index (χ1n) is 4.33. The van der Waals surface area contributed by atoms with E-state index in [2.05, 4.69) is 4.98 Å². The van der Waals surface area contributed by atoms with Crippen molar-refractivity contribution < 1.29 is 9.90 Å². The summed E-state index contributed by atoms with van der Waals surface area (Å²) in [7, 11) is 0. The van der Waals surface area contributed by atoms with Crippen LogP contribution in [0.3, 0.4) is 0 Å². The molecule has 3 nitrogen and oxygen atoms in total. The number of nitrogens with zero attached hydrogens (tertiary/aromatic N) is 1. The lowest BCUT2D eigenvalue weighted by molar-refractivity contribution is -0.138. The van der Waals surface area contributed by atoms with Gasteiger partial charge < -0.3 is 5.11 Å². The summed E-state index contributed by atoms with van der Waals surface area (Å²) < 4.78 is 0. The van der Waals surface area contributed by atoms with E-state index in [9.17, 15) is 4.79 Å². The highest BCUT2D eigenvalue weighted by Crippen LogP contribution is 2.47. The zero-order valence-corrected chi connectivity index (χ0v) is 7.40. The molecule has 68 valence electrons. The van der Waals surface area contributed by atoms with Crippen molar-refractivity contribution in [3.63, 3.8) is 0 Å². The van der Waals surface area contributed by atoms with Gasteiger partial charge in [0.1, 0.15) is 0 Å². The van der Waals surface area contributed by atoms with Crippen molar-refractivity contribution in [1.29, 1.82) is 0 Å². The number of hydrogen-bond acceptors (Lipinski definition) is 2. The second-order valence-corrected chi connectivity index (χ2v) is 3.58. The lowest BCUT2D eigenvalue weighted by atomic mass is 10.1. The van der Waals surface area contributed by atoms with Crippen LogP contribution in [0.2, 0.25) is 0 Å². The molecule has 0 bridgehead atoms. The number of hydrogen-bond donors (Lipinski definition) is 1. The van der Waals surface area contributed by atoms with Crippen LogP contribution in [0.1, 0.15) is 23.5 Å². The average Bonchev–Trinajstić information content (AvgIpc) is 2.82. The first-order chi connectivity index (χ1) is 6.18. The van der Waals surface area contributed by atoms with Gasteiger partial charge in [-0.3, -0.25) is 9.78 Å². The van der Waals surface area contributed by atoms with Crippen molar-refractivity contribution in [2.75, 3.05) is 0 Å². The molecule has 0 unspecified atom stereocenters. The molecular weight excluding hydrogens is 166 g/mol. The third-order valence-electron chi connectivity index (χ3n) is 2.43. The van der Waals surface area contributed by atoms with E-state index < -0.39 is 5.97 Å². The van der Waals surface area contributed by atoms with Crippen LogP contribution in [0.5, 0.6) is 0 Å². The fraction of sp³-hybridized carbons (Fsp3) is 0.400. The Morgan fingerprint density at radius 1 is 1.62 bits per heavy atom. The number of carbonyl (C=O) groups is 1. The number of aromatic nitrogens is 1. The van der Waals surface area contributed by atoms with Crippen LogP contribution in [0.4, 0.5) is 0 Å². The van der Waals surface area contributed by atoms with Crippen LogP contribution in [0.15, 0.2) is 18.5 Å². The summed E-state index contributed by atoms with van der Waals surface area (Å²) in [4.78, 5) is 14.7. The minimum Gasteiger partial charge on any atom is -0.481 e. The molecule has 1 aliphatic carbocycles. The maximum atomic E-state index is 10.6. The van der Waals surface area contributed by atoms with Gasteiger partial charge in [-0.15, -0.1) is 0 Å². The number of rotatable bonds is 2. The largest absolute Gasteiger partial charge is 0.481 e. The molecule has 13 heavy (non-hydrogen) atoms. The Kier molecular flexibility index (Phi) is 1.79. The Bertz CT molecular complexity index is 349. The molecule has 1 fully saturated rings. The predicted octanol–water partition coefficient (Wildman–Crippen LogP) is 1.58. The Morgan fingerprint density at radius 2 is 2.38 bits per heavy atom. The van der Waals surface area contributed by atoms with E-state index >= 15 is 0 Å². The molecule has 1 heterocycles. The Labute approximate surface area is 76.4 Å². The van der Waals surface area contributed by atoms with Gasteiger partial charge in [0.2, 0.25) is 0 Å². The van der Waals surface area contributed by atoms with Gasteiger partial charge in [-0.1, -0.05) is 6.07 Å². The van der Waals surface area contributed by atoms with Gasteiger partial charge in [-0.05, 0) is 30.4 Å². The highest BCUT2D eigenvalue weighted by Gasteiger charge is 2.44. The molecule has 0 aliphatic heterocycles. The van der Waals surface area contributed by atoms with Crippen molar-refractivity contribution in [1.82, 2.24) is 4.98 Å². The van der Waals surface area contributed by atoms with E-state index in [1.807, 2.05) is 13.0 Å². The normalized spacial score (nSPS) is 25.6. The maximum Gasteiger partial charge on any atom is 0.307 e. The zero-order chi connectivity index (χ0) is 9.42. The summed E-state index contributed by atoms with van der Waals surface area (Å²) in [6.45, 7) is 1.97. The molecule has 0 amide bonds. The second kappa shape index (κ2) is 2.83. The van der Waals surface area contributed by atoms with Crippen molar-refractivity contribution >= 4 is 5.97 Å². The van der Waals surface area contributed by atoms with Crippen molar-refractivity contribution in [3.05, 3.63) is 29.6 Å². The van der Waals surface area contributed by atoms with Crippen LogP contribution in [-0.2, 0) is 4.79 Å². The third-order valence-corrected chi connectivity index (χ3v) is 2.43. The molecule has 0 radical (unpaired) electrons. The van der Waals surface area contributed by atoms with E-state index in [0.29, 0.717) is 0 Å². The number of aliphatic carboxylic acids is 1. The fourth-order valence-corrected chi connectivity index (χ4v) is 1.62. The van der Waals surface area contributed by atoms with Crippen LogP contribution < -0.4 is 0 Å². The monoisotopic (exact) mass is 177 g/mol. The summed E-state index contributed by atoms with van der Waals surface area (Å²) in [6, 6.07) is 2.01. The lowest BCUT2D eigenvalue weighted by Crippen LogP contribution is -1.99. The third kappa shape index (κ3) is 1.54. The van der Waals surface area contributed by atoms with E-state index in [-0.39, 0.29) is 11.8 Å². The smallest absolute Gasteiger partial charge is 0.307 e. The van der Waals surface area contributed by atoms with Gasteiger partial charge in [-0.25, -0.2) is 0 Å². The van der Waals surface area contributed by atoms with Gasteiger partial charge in [0.05, 0.1) is 5.92 Å². The minimum absolute atomic E-state index is 0.177. The van der Waals surface area contributed by atoms with Gasteiger partial charge in [0.25, 0.3) is 0 Å². The first-order valence-corrected chi connectivity index (χ1v) is 4.33. The quantitative estimate of drug-likeness (QED) is 0.746. The van der Waals surface area contributed by atoms with Crippen molar-refractivity contribution in [2.24, 2.45) is 5.92 Å². The highest BCUT2D eigenvalue weighted by molar-refractivity contribution is 5.75. The molecule has 0 spiro atoms. The Balaban J connectivity index is 2.16. The Morgan fingerprint density at radius 3 is 2.92 bits per heavy atom. The van der Waals surface area contributed by atoms with E-state index in [1.54, 1.807) is 12.4 Å². The molecule has 0 aromatic carbocycles. The number of pyridine rings is 1. The van der Waals surface area contributed by atoms with Gasteiger partial charge in [0, 0.05) is 12.4 Å². The molecule has 0 saturated heterocycles. The molecule has 1 aromatic rings. The number of carboxylic acid groups (broad SMARTS) is 1. The molecule has 2 rings (SSSR count). The SMILES string of the molecule is Cc1cncc([C@@H]2C[C@H]2C(=O)O)c1. The van der Waals surface area contributed by atoms with E-state index in [4.69, 9.17) is 5.11 Å². The van der Waals surface area contributed by atoms with E-state index in [1.165, 1.54) is 0 Å². The summed E-state index contributed by atoms with van der Waals surface area (Å²) in [5.74, 6) is -0.667. The van der Waals surface area contributed by atoms with Crippen LogP contribution in [0, 0.1) is 12.8 Å². The summed E-state index contributed by atoms with van der Waals surface area (Å²) in [5.41, 5.74) is 2.15. The van der Waals surface area contributed by atoms with Gasteiger partial charge in [-0.2, -0.15) is 0 Å². The van der Waals surface area contributed by atoms with Crippen LogP contribution in [-0.4, -0.2) is 16.1 Å². The van der Waals surface area contributed by atoms with Crippen LogP contribution in [0.25, 0.3) is 0 Å². The number of aryl methyl sites for hydroxylation is 1. The fourth-order valence-electron chi connectivity index (χ4n) is 1.62. The summed E-state index contributed by atoms with van der Waals surface area (Å²) >= 11 is 0. The standard InChI is InChI=1S/C10H11NO2/c1-6-2-7(5-11-4-6)8-3-9(8)10(12)13/h2,4-5,8-9H,3H2,1H3,(H,12,13)/t8-,9+/m0/s1. The lowest BCUT2D eigenvalue weighted by Gasteiger charge is -1.98. The minimum atomic E-state index is -0.688. The number of carboxylic acids is 1. The van der Waals surface area contributed by atoms with Crippen molar-refractivity contribution in [3.8, 4) is 0 Å². The maximum absolute atomic E-state index is 10.6. The molecule has 1 aromatic heterocycles. The van der Waals surface area contributed by atoms with Crippen molar-refractivity contribution in [2.45, 2.75) is 19.3 Å². The first kappa shape index (κ1) is 8.23. The summed E-state index contributed by atoms with van der Waals surface area (Å²) in [5, 5.41) is 8.73. The molecular formula is C10H11NO2. The van der Waals surface area contributed by atoms with E-state index in [0.717, 1.165) is 17.5 Å². The highest BCUT2D eigenvalue weighted by atomic mass is 16.4. The second-order valence-electron chi connectivity index (χ2n) is 3.58. The zero-order valence-electron chi connectivity index (χ0n) is 7.40.